The first-order valence-electron chi connectivity index (χ1n) is 6.60. The molecule has 126 valence electrons. The molecule has 0 atom stereocenters. The average molecular weight is 354 g/mol. The van der Waals surface area contributed by atoms with Gasteiger partial charge in [-0.25, -0.2) is 19.2 Å². The van der Waals surface area contributed by atoms with Crippen LogP contribution >= 0.6 is 11.6 Å². The zero-order valence-corrected chi connectivity index (χ0v) is 13.8. The molecule has 0 fully saturated rings. The number of nitrogens with zero attached hydrogens (tertiary/aromatic N) is 2. The zero-order chi connectivity index (χ0) is 18.0. The Bertz CT molecular complexity index is 842. The number of halogens is 2. The molecule has 0 bridgehead atoms. The van der Waals surface area contributed by atoms with Gasteiger partial charge in [-0.2, -0.15) is 0 Å². The third kappa shape index (κ3) is 3.00. The van der Waals surface area contributed by atoms with Gasteiger partial charge in [0.2, 0.25) is 0 Å². The van der Waals surface area contributed by atoms with Gasteiger partial charge in [-0.15, -0.1) is 0 Å². The lowest BCUT2D eigenvalue weighted by atomic mass is 10.1. The van der Waals surface area contributed by atoms with Crippen LogP contribution in [0.5, 0.6) is 5.75 Å². The normalized spacial score (nSPS) is 10.4. The van der Waals surface area contributed by atoms with Gasteiger partial charge in [-0.3, -0.25) is 4.79 Å². The number of Topliss-reactive ketones (excluding diaryl/α,β-unsaturated/α-hetero) is 1. The van der Waals surface area contributed by atoms with Gasteiger partial charge in [0.15, 0.2) is 28.9 Å². The minimum absolute atomic E-state index is 0.0558. The smallest absolute Gasteiger partial charge is 0.357 e. The lowest BCUT2D eigenvalue weighted by Gasteiger charge is -2.12. The molecule has 24 heavy (non-hydrogen) atoms. The summed E-state index contributed by atoms with van der Waals surface area (Å²) >= 11 is 5.84. The Labute approximate surface area is 141 Å². The van der Waals surface area contributed by atoms with E-state index in [2.05, 4.69) is 14.7 Å². The monoisotopic (exact) mass is 353 g/mol. The van der Waals surface area contributed by atoms with Gasteiger partial charge in [0.25, 0.3) is 0 Å². The van der Waals surface area contributed by atoms with Gasteiger partial charge in [0.1, 0.15) is 5.82 Å². The van der Waals surface area contributed by atoms with Crippen molar-refractivity contribution in [3.8, 4) is 17.1 Å². The second-order valence-corrected chi connectivity index (χ2v) is 5.05. The Morgan fingerprint density at radius 1 is 1.25 bits per heavy atom. The second-order valence-electron chi connectivity index (χ2n) is 4.65. The van der Waals surface area contributed by atoms with Crippen molar-refractivity contribution in [3.63, 3.8) is 0 Å². The highest BCUT2D eigenvalue weighted by molar-refractivity contribution is 6.32. The van der Waals surface area contributed by atoms with E-state index in [0.29, 0.717) is 0 Å². The summed E-state index contributed by atoms with van der Waals surface area (Å²) in [5.74, 6) is -2.90. The number of rotatable bonds is 4. The highest BCUT2D eigenvalue weighted by Gasteiger charge is 2.25. The van der Waals surface area contributed by atoms with Crippen LogP contribution in [0.3, 0.4) is 0 Å². The van der Waals surface area contributed by atoms with Crippen LogP contribution in [0.25, 0.3) is 11.4 Å². The van der Waals surface area contributed by atoms with Crippen LogP contribution in [0.2, 0.25) is 5.02 Å². The maximum atomic E-state index is 14.5. The number of hydrogen-bond acceptors (Lipinski definition) is 7. The Balaban J connectivity index is 2.76. The highest BCUT2D eigenvalue weighted by atomic mass is 35.5. The minimum atomic E-state index is -0.892. The van der Waals surface area contributed by atoms with Gasteiger partial charge in [-0.1, -0.05) is 11.6 Å². The number of benzene rings is 1. The third-order valence-electron chi connectivity index (χ3n) is 3.16. The summed E-state index contributed by atoms with van der Waals surface area (Å²) in [6, 6.07) is 2.69. The number of esters is 1. The summed E-state index contributed by atoms with van der Waals surface area (Å²) in [7, 11) is 2.37. The number of nitrogens with two attached hydrogens (primary N) is 1. The van der Waals surface area contributed by atoms with Gasteiger partial charge in [0.05, 0.1) is 30.4 Å². The summed E-state index contributed by atoms with van der Waals surface area (Å²) in [5.41, 5.74) is 5.12. The van der Waals surface area contributed by atoms with Gasteiger partial charge >= 0.3 is 5.97 Å². The molecule has 1 heterocycles. The van der Waals surface area contributed by atoms with Crippen molar-refractivity contribution >= 4 is 29.2 Å². The fourth-order valence-corrected chi connectivity index (χ4v) is 2.31. The summed E-state index contributed by atoms with van der Waals surface area (Å²) in [6.45, 7) is 1.20. The third-order valence-corrected chi connectivity index (χ3v) is 3.46. The molecule has 0 saturated carbocycles. The Morgan fingerprint density at radius 3 is 2.46 bits per heavy atom. The first-order valence-corrected chi connectivity index (χ1v) is 6.98. The molecule has 0 aliphatic carbocycles. The van der Waals surface area contributed by atoms with Crippen LogP contribution in [-0.4, -0.2) is 35.9 Å². The molecule has 0 aliphatic heterocycles. The maximum absolute atomic E-state index is 14.5. The molecule has 2 N–H and O–H groups in total. The number of anilines is 1. The SMILES string of the molecule is COC(=O)c1nc(-c2ccc(Cl)c(OC)c2F)nc(N)c1C(C)=O. The lowest BCUT2D eigenvalue weighted by Crippen LogP contribution is -2.16. The summed E-state index contributed by atoms with van der Waals surface area (Å²) in [6.07, 6.45) is 0. The Kier molecular flexibility index (Phi) is 4.99. The van der Waals surface area contributed by atoms with E-state index in [9.17, 15) is 14.0 Å². The minimum Gasteiger partial charge on any atom is -0.492 e. The van der Waals surface area contributed by atoms with E-state index in [0.717, 1.165) is 7.11 Å². The molecule has 1 aromatic carbocycles. The molecule has 0 amide bonds. The van der Waals surface area contributed by atoms with E-state index < -0.39 is 17.6 Å². The molecular weight excluding hydrogens is 341 g/mol. The Hall–Kier alpha value is -2.74. The average Bonchev–Trinajstić information content (AvgIpc) is 2.53. The molecular formula is C15H13ClFN3O4. The molecule has 0 spiro atoms. The van der Waals surface area contributed by atoms with Crippen LogP contribution < -0.4 is 10.5 Å². The number of methoxy groups -OCH3 is 2. The van der Waals surface area contributed by atoms with Crippen LogP contribution in [0.4, 0.5) is 10.2 Å². The number of ether oxygens (including phenoxy) is 2. The van der Waals surface area contributed by atoms with Crippen LogP contribution in [0, 0.1) is 5.82 Å². The topological polar surface area (TPSA) is 104 Å². The molecule has 9 heteroatoms. The molecule has 1 aromatic heterocycles. The first-order chi connectivity index (χ1) is 11.3. The fraction of sp³-hybridized carbons (Fsp3) is 0.200. The van der Waals surface area contributed by atoms with E-state index in [1.165, 1.54) is 26.2 Å². The summed E-state index contributed by atoms with van der Waals surface area (Å²) in [5, 5.41) is 0.0558. The quantitative estimate of drug-likeness (QED) is 0.665. The predicted octanol–water partition coefficient (Wildman–Crippen LogP) is 2.52. The van der Waals surface area contributed by atoms with Crippen molar-refractivity contribution in [2.24, 2.45) is 0 Å². The molecule has 7 nitrogen and oxygen atoms in total. The number of carbonyl (C=O) groups is 2. The van der Waals surface area contributed by atoms with Gasteiger partial charge in [0, 0.05) is 0 Å². The molecule has 2 aromatic rings. The van der Waals surface area contributed by atoms with Crippen molar-refractivity contribution in [3.05, 3.63) is 34.2 Å². The van der Waals surface area contributed by atoms with Gasteiger partial charge in [-0.05, 0) is 19.1 Å². The van der Waals surface area contributed by atoms with E-state index in [4.69, 9.17) is 22.1 Å². The molecule has 2 rings (SSSR count). The van der Waals surface area contributed by atoms with Crippen molar-refractivity contribution in [1.29, 1.82) is 0 Å². The summed E-state index contributed by atoms with van der Waals surface area (Å²) in [4.78, 5) is 31.4. The lowest BCUT2D eigenvalue weighted by molar-refractivity contribution is 0.0590. The van der Waals surface area contributed by atoms with Crippen molar-refractivity contribution in [2.75, 3.05) is 20.0 Å². The summed E-state index contributed by atoms with van der Waals surface area (Å²) < 4.78 is 24.0. The van der Waals surface area contributed by atoms with Crippen LogP contribution in [0.15, 0.2) is 12.1 Å². The maximum Gasteiger partial charge on any atom is 0.357 e. The fourth-order valence-electron chi connectivity index (χ4n) is 2.08. The number of hydrogen-bond donors (Lipinski definition) is 1. The zero-order valence-electron chi connectivity index (χ0n) is 13.0. The van der Waals surface area contributed by atoms with Crippen molar-refractivity contribution in [2.45, 2.75) is 6.92 Å². The predicted molar refractivity (Wildman–Crippen MR) is 84.7 cm³/mol. The van der Waals surface area contributed by atoms with Gasteiger partial charge < -0.3 is 15.2 Å². The van der Waals surface area contributed by atoms with Crippen molar-refractivity contribution < 1.29 is 23.5 Å². The van der Waals surface area contributed by atoms with Crippen molar-refractivity contribution in [1.82, 2.24) is 9.97 Å². The molecule has 0 saturated heterocycles. The number of carbonyl (C=O) groups excluding carboxylic acids is 2. The second kappa shape index (κ2) is 6.79. The van der Waals surface area contributed by atoms with Crippen LogP contribution in [-0.2, 0) is 4.74 Å². The van der Waals surface area contributed by atoms with E-state index >= 15 is 0 Å². The number of nitrogen functional groups attached to an aromatic ring is 1. The molecule has 0 unspecified atom stereocenters. The molecule has 0 radical (unpaired) electrons. The molecule has 0 aliphatic rings. The number of aromatic nitrogens is 2. The Morgan fingerprint density at radius 2 is 1.92 bits per heavy atom. The van der Waals surface area contributed by atoms with Crippen LogP contribution in [0.1, 0.15) is 27.8 Å². The first kappa shape index (κ1) is 17.6. The highest BCUT2D eigenvalue weighted by Crippen LogP contribution is 2.34. The van der Waals surface area contributed by atoms with E-state index in [-0.39, 0.29) is 39.2 Å². The number of ketones is 1. The van der Waals surface area contributed by atoms with E-state index in [1.807, 2.05) is 0 Å². The standard InChI is InChI=1S/C15H13ClFN3O4/c1-6(21)9-11(15(22)24-3)19-14(20-13(9)18)7-4-5-8(16)12(23-2)10(7)17/h4-5H,1-3H3,(H2,18,19,20). The van der Waals surface area contributed by atoms with E-state index in [1.54, 1.807) is 0 Å². The largest absolute Gasteiger partial charge is 0.492 e.